The van der Waals surface area contributed by atoms with Crippen molar-refractivity contribution in [1.82, 2.24) is 0 Å². The highest BCUT2D eigenvalue weighted by Crippen LogP contribution is 2.19. The summed E-state index contributed by atoms with van der Waals surface area (Å²) in [6.45, 7) is 0. The summed E-state index contributed by atoms with van der Waals surface area (Å²) in [5.41, 5.74) is 0.521. The molecule has 1 aromatic heterocycles. The maximum atomic E-state index is 12.4. The molecule has 0 radical (unpaired) electrons. The number of hydrogen-bond acceptors (Lipinski definition) is 5. The van der Waals surface area contributed by atoms with Crippen LogP contribution in [0.2, 0.25) is 0 Å². The number of hydrogen-bond donors (Lipinski definition) is 1. The van der Waals surface area contributed by atoms with E-state index in [0.29, 0.717) is 22.2 Å². The first-order valence-corrected chi connectivity index (χ1v) is 8.82. The molecule has 0 aliphatic carbocycles. The van der Waals surface area contributed by atoms with E-state index in [1.807, 2.05) is 6.07 Å². The first kappa shape index (κ1) is 18.2. The number of nitrogens with one attached hydrogen (secondary N) is 1. The third kappa shape index (κ3) is 4.06. The Kier molecular flexibility index (Phi) is 4.90. The van der Waals surface area contributed by atoms with Crippen molar-refractivity contribution in [2.45, 2.75) is 0 Å². The molecule has 4 aromatic rings. The van der Waals surface area contributed by atoms with E-state index in [1.165, 1.54) is 18.2 Å². The molecule has 0 saturated carbocycles. The van der Waals surface area contributed by atoms with E-state index in [4.69, 9.17) is 9.15 Å². The zero-order chi connectivity index (χ0) is 20.2. The summed E-state index contributed by atoms with van der Waals surface area (Å²) in [5, 5.41) is 3.38. The van der Waals surface area contributed by atoms with E-state index in [2.05, 4.69) is 5.32 Å². The third-order valence-corrected chi connectivity index (χ3v) is 4.22. The second-order valence-electron chi connectivity index (χ2n) is 6.22. The van der Waals surface area contributed by atoms with Gasteiger partial charge in [0.15, 0.2) is 0 Å². The molecule has 1 N–H and O–H groups in total. The van der Waals surface area contributed by atoms with E-state index in [0.717, 1.165) is 0 Å². The predicted octanol–water partition coefficient (Wildman–Crippen LogP) is 4.26. The van der Waals surface area contributed by atoms with Gasteiger partial charge in [-0.15, -0.1) is 0 Å². The maximum absolute atomic E-state index is 12.4. The molecule has 0 aliphatic heterocycles. The molecule has 0 unspecified atom stereocenters. The van der Waals surface area contributed by atoms with Crippen LogP contribution in [0.3, 0.4) is 0 Å². The fourth-order valence-corrected chi connectivity index (χ4v) is 2.77. The normalized spacial score (nSPS) is 10.5. The molecule has 1 heterocycles. The molecular formula is C23H15NO5. The van der Waals surface area contributed by atoms with Crippen molar-refractivity contribution >= 4 is 28.5 Å². The highest BCUT2D eigenvalue weighted by atomic mass is 16.5. The molecule has 1 amide bonds. The lowest BCUT2D eigenvalue weighted by Gasteiger charge is -2.07. The van der Waals surface area contributed by atoms with Crippen molar-refractivity contribution in [2.24, 2.45) is 0 Å². The summed E-state index contributed by atoms with van der Waals surface area (Å²) < 4.78 is 10.4. The predicted molar refractivity (Wildman–Crippen MR) is 108 cm³/mol. The largest absolute Gasteiger partial charge is 0.423 e. The smallest absolute Gasteiger partial charge is 0.351 e. The van der Waals surface area contributed by atoms with Crippen LogP contribution < -0.4 is 15.7 Å². The topological polar surface area (TPSA) is 85.6 Å². The minimum absolute atomic E-state index is 0.190. The molecule has 0 fully saturated rings. The molecule has 29 heavy (non-hydrogen) atoms. The van der Waals surface area contributed by atoms with Crippen molar-refractivity contribution in [3.05, 3.63) is 106 Å². The van der Waals surface area contributed by atoms with Crippen LogP contribution in [0.4, 0.5) is 5.69 Å². The number of carbonyl (C=O) groups excluding carboxylic acids is 2. The van der Waals surface area contributed by atoms with Crippen molar-refractivity contribution < 1.29 is 18.7 Å². The van der Waals surface area contributed by atoms with Gasteiger partial charge >= 0.3 is 11.6 Å². The lowest BCUT2D eigenvalue weighted by molar-refractivity contribution is 0.0730. The number of benzene rings is 3. The van der Waals surface area contributed by atoms with Gasteiger partial charge in [-0.05, 0) is 48.5 Å². The molecule has 0 aliphatic rings. The number of amides is 1. The molecule has 0 saturated heterocycles. The number of fused-ring (bicyclic) bond motifs is 1. The van der Waals surface area contributed by atoms with Crippen molar-refractivity contribution in [3.8, 4) is 5.75 Å². The van der Waals surface area contributed by atoms with Crippen molar-refractivity contribution in [1.29, 1.82) is 0 Å². The fourth-order valence-electron chi connectivity index (χ4n) is 2.77. The maximum Gasteiger partial charge on any atom is 0.351 e. The standard InChI is InChI=1S/C23H15NO5/c25-21(15-6-2-1-3-7-15)24-17-10-12-18(13-11-17)28-22(26)19-14-16-8-4-5-9-20(16)29-23(19)27/h1-14H,(H,24,25). The van der Waals surface area contributed by atoms with Crippen molar-refractivity contribution in [2.75, 3.05) is 5.32 Å². The minimum atomic E-state index is -0.814. The number of ether oxygens (including phenoxy) is 1. The van der Waals surface area contributed by atoms with Crippen LogP contribution >= 0.6 is 0 Å². The Morgan fingerprint density at radius 3 is 2.28 bits per heavy atom. The van der Waals surface area contributed by atoms with Crippen LogP contribution in [0.25, 0.3) is 11.0 Å². The molecule has 0 spiro atoms. The molecule has 4 rings (SSSR count). The van der Waals surface area contributed by atoms with Crippen LogP contribution in [-0.2, 0) is 0 Å². The average Bonchev–Trinajstić information content (AvgIpc) is 2.75. The van der Waals surface area contributed by atoms with Gasteiger partial charge in [-0.3, -0.25) is 4.79 Å². The van der Waals surface area contributed by atoms with Gasteiger partial charge in [0.2, 0.25) is 0 Å². The Hall–Kier alpha value is -4.19. The first-order chi connectivity index (χ1) is 14.1. The Morgan fingerprint density at radius 1 is 0.828 bits per heavy atom. The second-order valence-corrected chi connectivity index (χ2v) is 6.22. The summed E-state index contributed by atoms with van der Waals surface area (Å²) in [4.78, 5) is 36.6. The lowest BCUT2D eigenvalue weighted by Crippen LogP contribution is -2.18. The van der Waals surface area contributed by atoms with Gasteiger partial charge in [0.1, 0.15) is 16.9 Å². The van der Waals surface area contributed by atoms with Gasteiger partial charge in [0.05, 0.1) is 0 Å². The van der Waals surface area contributed by atoms with Gasteiger partial charge in [-0.1, -0.05) is 36.4 Å². The molecule has 6 heteroatoms. The molecular weight excluding hydrogens is 370 g/mol. The molecule has 6 nitrogen and oxygen atoms in total. The summed E-state index contributed by atoms with van der Waals surface area (Å²) in [7, 11) is 0. The quantitative estimate of drug-likeness (QED) is 0.322. The molecule has 142 valence electrons. The van der Waals surface area contributed by atoms with E-state index >= 15 is 0 Å². The first-order valence-electron chi connectivity index (χ1n) is 8.82. The third-order valence-electron chi connectivity index (χ3n) is 4.22. The highest BCUT2D eigenvalue weighted by molar-refractivity contribution is 6.04. The van der Waals surface area contributed by atoms with Gasteiger partial charge in [0.25, 0.3) is 5.91 Å². The Bertz CT molecular complexity index is 1240. The van der Waals surface area contributed by atoms with E-state index in [9.17, 15) is 14.4 Å². The number of rotatable bonds is 4. The number of anilines is 1. The van der Waals surface area contributed by atoms with Crippen LogP contribution in [0, 0.1) is 0 Å². The zero-order valence-electron chi connectivity index (χ0n) is 15.1. The highest BCUT2D eigenvalue weighted by Gasteiger charge is 2.16. The van der Waals surface area contributed by atoms with E-state index in [-0.39, 0.29) is 17.2 Å². The van der Waals surface area contributed by atoms with Crippen LogP contribution in [0.1, 0.15) is 20.7 Å². The Balaban J connectivity index is 1.47. The summed E-state index contributed by atoms with van der Waals surface area (Å²) >= 11 is 0. The number of para-hydroxylation sites is 1. The van der Waals surface area contributed by atoms with Crippen molar-refractivity contribution in [3.63, 3.8) is 0 Å². The van der Waals surface area contributed by atoms with Crippen LogP contribution in [0.15, 0.2) is 94.1 Å². The summed E-state index contributed by atoms with van der Waals surface area (Å²) in [6.07, 6.45) is 0. The zero-order valence-corrected chi connectivity index (χ0v) is 15.1. The fraction of sp³-hybridized carbons (Fsp3) is 0. The lowest BCUT2D eigenvalue weighted by atomic mass is 10.2. The monoisotopic (exact) mass is 385 g/mol. The Labute approximate surface area is 165 Å². The Morgan fingerprint density at radius 2 is 1.52 bits per heavy atom. The van der Waals surface area contributed by atoms with Crippen LogP contribution in [-0.4, -0.2) is 11.9 Å². The second kappa shape index (κ2) is 7.82. The molecule has 0 atom stereocenters. The van der Waals surface area contributed by atoms with E-state index < -0.39 is 11.6 Å². The average molecular weight is 385 g/mol. The SMILES string of the molecule is O=C(Nc1ccc(OC(=O)c2cc3ccccc3oc2=O)cc1)c1ccccc1. The van der Waals surface area contributed by atoms with E-state index in [1.54, 1.807) is 60.7 Å². The van der Waals surface area contributed by atoms with Gasteiger partial charge in [-0.2, -0.15) is 0 Å². The minimum Gasteiger partial charge on any atom is -0.423 e. The molecule has 3 aromatic carbocycles. The number of esters is 1. The molecule has 0 bridgehead atoms. The summed E-state index contributed by atoms with van der Waals surface area (Å²) in [6, 6.07) is 23.4. The van der Waals surface area contributed by atoms with Gasteiger partial charge in [-0.25, -0.2) is 9.59 Å². The summed E-state index contributed by atoms with van der Waals surface area (Å²) in [5.74, 6) is -0.824. The van der Waals surface area contributed by atoms with Crippen LogP contribution in [0.5, 0.6) is 5.75 Å². The van der Waals surface area contributed by atoms with Gasteiger partial charge < -0.3 is 14.5 Å². The van der Waals surface area contributed by atoms with Gasteiger partial charge in [0, 0.05) is 16.6 Å². The number of carbonyl (C=O) groups is 2.